The first-order valence-electron chi connectivity index (χ1n) is 13.5. The first-order valence-corrected chi connectivity index (χ1v) is 13.5. The SMILES string of the molecule is Cc1cccc(C(=O)N2CCCN(C(=O)CCc3ccccc3)C2C(=O)NC(CC(=O)O)c2cccc(C)c2)c1. The van der Waals surface area contributed by atoms with Gasteiger partial charge in [0.05, 0.1) is 12.5 Å². The molecular formula is C32H35N3O5. The molecule has 1 fully saturated rings. The highest BCUT2D eigenvalue weighted by Crippen LogP contribution is 2.24. The smallest absolute Gasteiger partial charge is 0.305 e. The van der Waals surface area contributed by atoms with Crippen molar-refractivity contribution in [2.75, 3.05) is 13.1 Å². The summed E-state index contributed by atoms with van der Waals surface area (Å²) in [6.45, 7) is 4.38. The third kappa shape index (κ3) is 7.14. The van der Waals surface area contributed by atoms with E-state index in [0.29, 0.717) is 37.1 Å². The van der Waals surface area contributed by atoms with Gasteiger partial charge in [-0.05, 0) is 49.9 Å². The number of benzene rings is 3. The van der Waals surface area contributed by atoms with E-state index in [1.807, 2.05) is 62.4 Å². The number of rotatable bonds is 9. The predicted octanol–water partition coefficient (Wildman–Crippen LogP) is 4.27. The number of aryl methyl sites for hydroxylation is 3. The second-order valence-corrected chi connectivity index (χ2v) is 10.2. The van der Waals surface area contributed by atoms with Gasteiger partial charge in [-0.25, -0.2) is 0 Å². The molecule has 0 radical (unpaired) electrons. The molecule has 40 heavy (non-hydrogen) atoms. The molecule has 2 unspecified atom stereocenters. The van der Waals surface area contributed by atoms with E-state index in [4.69, 9.17) is 0 Å². The molecule has 0 spiro atoms. The summed E-state index contributed by atoms with van der Waals surface area (Å²) in [7, 11) is 0. The Morgan fingerprint density at radius 3 is 2.23 bits per heavy atom. The molecule has 0 saturated carbocycles. The average molecular weight is 542 g/mol. The Morgan fingerprint density at radius 2 is 1.55 bits per heavy atom. The highest BCUT2D eigenvalue weighted by atomic mass is 16.4. The average Bonchev–Trinajstić information content (AvgIpc) is 2.95. The molecule has 208 valence electrons. The zero-order chi connectivity index (χ0) is 28.6. The van der Waals surface area contributed by atoms with Crippen molar-refractivity contribution in [1.29, 1.82) is 0 Å². The van der Waals surface area contributed by atoms with E-state index in [2.05, 4.69) is 5.32 Å². The maximum absolute atomic E-state index is 14.0. The fraction of sp³-hybridized carbons (Fsp3) is 0.312. The number of amides is 3. The molecule has 4 rings (SSSR count). The van der Waals surface area contributed by atoms with Gasteiger partial charge in [-0.15, -0.1) is 0 Å². The molecule has 3 aromatic rings. The van der Waals surface area contributed by atoms with E-state index < -0.39 is 24.1 Å². The van der Waals surface area contributed by atoms with Crippen molar-refractivity contribution in [2.24, 2.45) is 0 Å². The van der Waals surface area contributed by atoms with Crippen molar-refractivity contribution < 1.29 is 24.3 Å². The molecule has 1 aliphatic heterocycles. The van der Waals surface area contributed by atoms with Crippen LogP contribution in [0.5, 0.6) is 0 Å². The second kappa shape index (κ2) is 13.1. The number of aliphatic carboxylic acids is 1. The van der Waals surface area contributed by atoms with Crippen LogP contribution < -0.4 is 5.32 Å². The van der Waals surface area contributed by atoms with Gasteiger partial charge in [0.25, 0.3) is 11.8 Å². The van der Waals surface area contributed by atoms with Gasteiger partial charge in [0.2, 0.25) is 5.91 Å². The minimum atomic E-state index is -1.20. The molecule has 1 saturated heterocycles. The van der Waals surface area contributed by atoms with Crippen molar-refractivity contribution in [1.82, 2.24) is 15.1 Å². The summed E-state index contributed by atoms with van der Waals surface area (Å²) in [4.78, 5) is 55.8. The van der Waals surface area contributed by atoms with Gasteiger partial charge < -0.3 is 20.2 Å². The van der Waals surface area contributed by atoms with Crippen molar-refractivity contribution in [3.63, 3.8) is 0 Å². The minimum Gasteiger partial charge on any atom is -0.481 e. The van der Waals surface area contributed by atoms with Gasteiger partial charge in [-0.3, -0.25) is 19.2 Å². The number of hydrogen-bond acceptors (Lipinski definition) is 4. The summed E-state index contributed by atoms with van der Waals surface area (Å²) in [5, 5.41) is 12.5. The van der Waals surface area contributed by atoms with Crippen LogP contribution in [0.25, 0.3) is 0 Å². The van der Waals surface area contributed by atoms with Gasteiger partial charge in [0.1, 0.15) is 0 Å². The van der Waals surface area contributed by atoms with E-state index in [1.54, 1.807) is 30.3 Å². The minimum absolute atomic E-state index is 0.177. The molecule has 3 amide bonds. The van der Waals surface area contributed by atoms with Crippen LogP contribution in [0.2, 0.25) is 0 Å². The second-order valence-electron chi connectivity index (χ2n) is 10.2. The maximum atomic E-state index is 14.0. The third-order valence-corrected chi connectivity index (χ3v) is 7.08. The van der Waals surface area contributed by atoms with Gasteiger partial charge in [0, 0.05) is 25.1 Å². The van der Waals surface area contributed by atoms with Crippen molar-refractivity contribution in [3.8, 4) is 0 Å². The van der Waals surface area contributed by atoms with Crippen molar-refractivity contribution >= 4 is 23.7 Å². The van der Waals surface area contributed by atoms with Gasteiger partial charge in [0.15, 0.2) is 6.17 Å². The van der Waals surface area contributed by atoms with Gasteiger partial charge >= 0.3 is 5.97 Å². The van der Waals surface area contributed by atoms with Crippen LogP contribution in [0, 0.1) is 13.8 Å². The summed E-state index contributed by atoms with van der Waals surface area (Å²) >= 11 is 0. The molecule has 8 nitrogen and oxygen atoms in total. The summed E-state index contributed by atoms with van der Waals surface area (Å²) in [5.41, 5.74) is 3.90. The third-order valence-electron chi connectivity index (χ3n) is 7.08. The van der Waals surface area contributed by atoms with Crippen LogP contribution in [-0.4, -0.2) is 57.9 Å². The fourth-order valence-electron chi connectivity index (χ4n) is 5.12. The lowest BCUT2D eigenvalue weighted by molar-refractivity contribution is -0.150. The Morgan fingerprint density at radius 1 is 0.875 bits per heavy atom. The Labute approximate surface area is 234 Å². The zero-order valence-corrected chi connectivity index (χ0v) is 22.9. The van der Waals surface area contributed by atoms with Gasteiger partial charge in [-0.2, -0.15) is 0 Å². The lowest BCUT2D eigenvalue weighted by Gasteiger charge is -2.43. The van der Waals surface area contributed by atoms with Crippen LogP contribution in [-0.2, 0) is 20.8 Å². The summed E-state index contributed by atoms with van der Waals surface area (Å²) < 4.78 is 0. The molecule has 3 aromatic carbocycles. The summed E-state index contributed by atoms with van der Waals surface area (Å²) in [6, 6.07) is 23.2. The Bertz CT molecular complexity index is 1370. The maximum Gasteiger partial charge on any atom is 0.305 e. The number of carboxylic acids is 1. The normalized spacial score (nSPS) is 15.8. The Kier molecular flexibility index (Phi) is 9.32. The van der Waals surface area contributed by atoms with Crippen LogP contribution in [0.3, 0.4) is 0 Å². The molecule has 0 bridgehead atoms. The summed E-state index contributed by atoms with van der Waals surface area (Å²) in [6.07, 6.45) is -0.339. The molecule has 2 atom stereocenters. The van der Waals surface area contributed by atoms with E-state index in [-0.39, 0.29) is 24.7 Å². The lowest BCUT2D eigenvalue weighted by atomic mass is 10.0. The fourth-order valence-corrected chi connectivity index (χ4v) is 5.12. The quantitative estimate of drug-likeness (QED) is 0.421. The lowest BCUT2D eigenvalue weighted by Crippen LogP contribution is -2.63. The molecular weight excluding hydrogens is 506 g/mol. The first-order chi connectivity index (χ1) is 19.2. The standard InChI is InChI=1S/C32H35N3O5/c1-22-9-6-13-25(19-22)27(21-29(37)38)33-30(39)31-34(28(36)16-15-24-11-4-3-5-12-24)17-8-18-35(31)32(40)26-14-7-10-23(2)20-26/h3-7,9-14,19-20,27,31H,8,15-18,21H2,1-2H3,(H,33,39)(H,37,38). The Balaban J connectivity index is 1.64. The van der Waals surface area contributed by atoms with Crippen molar-refractivity contribution in [2.45, 2.75) is 51.7 Å². The monoisotopic (exact) mass is 541 g/mol. The van der Waals surface area contributed by atoms with Crippen LogP contribution >= 0.6 is 0 Å². The van der Waals surface area contributed by atoms with E-state index in [1.165, 1.54) is 9.80 Å². The molecule has 1 heterocycles. The van der Waals surface area contributed by atoms with E-state index in [9.17, 15) is 24.3 Å². The Hall–Kier alpha value is -4.46. The predicted molar refractivity (Wildman–Crippen MR) is 151 cm³/mol. The van der Waals surface area contributed by atoms with Crippen molar-refractivity contribution in [3.05, 3.63) is 107 Å². The number of nitrogens with zero attached hydrogens (tertiary/aromatic N) is 2. The zero-order valence-electron chi connectivity index (χ0n) is 22.9. The highest BCUT2D eigenvalue weighted by Gasteiger charge is 2.41. The van der Waals surface area contributed by atoms with Crippen LogP contribution in [0.15, 0.2) is 78.9 Å². The topological polar surface area (TPSA) is 107 Å². The van der Waals surface area contributed by atoms with Crippen LogP contribution in [0.1, 0.15) is 57.9 Å². The van der Waals surface area contributed by atoms with Gasteiger partial charge in [-0.1, -0.05) is 77.9 Å². The molecule has 2 N–H and O–H groups in total. The molecule has 0 aromatic heterocycles. The van der Waals surface area contributed by atoms with Crippen LogP contribution in [0.4, 0.5) is 0 Å². The molecule has 8 heteroatoms. The van der Waals surface area contributed by atoms with E-state index in [0.717, 1.165) is 16.7 Å². The summed E-state index contributed by atoms with van der Waals surface area (Å²) in [5.74, 6) is -2.24. The molecule has 1 aliphatic rings. The first kappa shape index (κ1) is 28.5. The number of nitrogens with one attached hydrogen (secondary N) is 1. The number of carbonyl (C=O) groups is 4. The number of carbonyl (C=O) groups excluding carboxylic acids is 3. The number of carboxylic acid groups (broad SMARTS) is 1. The highest BCUT2D eigenvalue weighted by molar-refractivity contribution is 5.99. The largest absolute Gasteiger partial charge is 0.481 e. The number of hydrogen-bond donors (Lipinski definition) is 2. The van der Waals surface area contributed by atoms with E-state index >= 15 is 0 Å². The molecule has 0 aliphatic carbocycles.